The van der Waals surface area contributed by atoms with Gasteiger partial charge < -0.3 is 4.98 Å². The topological polar surface area (TPSA) is 15.8 Å². The summed E-state index contributed by atoms with van der Waals surface area (Å²) in [4.78, 5) is 3.50. The third-order valence-electron chi connectivity index (χ3n) is 3.82. The summed E-state index contributed by atoms with van der Waals surface area (Å²) in [6.45, 7) is 4.38. The minimum Gasteiger partial charge on any atom is -0.358 e. The van der Waals surface area contributed by atoms with Gasteiger partial charge in [-0.1, -0.05) is 43.3 Å². The fourth-order valence-corrected chi connectivity index (χ4v) is 2.68. The largest absolute Gasteiger partial charge is 0.358 e. The molecule has 0 spiro atoms. The second-order valence-corrected chi connectivity index (χ2v) is 5.12. The molecule has 0 aliphatic carbocycles. The monoisotopic (exact) mass is 249 g/mol. The van der Waals surface area contributed by atoms with Crippen molar-refractivity contribution in [3.05, 3.63) is 70.9 Å². The molecule has 19 heavy (non-hydrogen) atoms. The average molecular weight is 249 g/mol. The van der Waals surface area contributed by atoms with Crippen LogP contribution in [-0.4, -0.2) is 4.98 Å². The van der Waals surface area contributed by atoms with Crippen molar-refractivity contribution in [3.63, 3.8) is 0 Å². The smallest absolute Gasteiger partial charge is 0.0459 e. The molecule has 1 heterocycles. The maximum atomic E-state index is 3.50. The van der Waals surface area contributed by atoms with Gasteiger partial charge in [-0.3, -0.25) is 0 Å². The molecule has 1 nitrogen and oxygen atoms in total. The van der Waals surface area contributed by atoms with Crippen LogP contribution in [0.1, 0.15) is 29.3 Å². The predicted molar refractivity (Wildman–Crippen MR) is 81.7 cm³/mol. The number of benzene rings is 2. The molecule has 0 bridgehead atoms. The standard InChI is InChI=1S/C18H19N/c1-3-14-9-10-18-17(11-14)16(13(2)19-18)12-15-7-5-4-6-8-15/h4-11,19H,3,12H2,1-2H3. The van der Waals surface area contributed by atoms with E-state index in [1.807, 2.05) is 0 Å². The summed E-state index contributed by atoms with van der Waals surface area (Å²) in [6.07, 6.45) is 2.09. The lowest BCUT2D eigenvalue weighted by Crippen LogP contribution is -1.89. The molecular formula is C18H19N. The second kappa shape index (κ2) is 4.93. The van der Waals surface area contributed by atoms with E-state index in [-0.39, 0.29) is 0 Å². The highest BCUT2D eigenvalue weighted by molar-refractivity contribution is 5.85. The molecule has 0 atom stereocenters. The van der Waals surface area contributed by atoms with E-state index in [0.29, 0.717) is 0 Å². The first kappa shape index (κ1) is 12.0. The molecule has 0 radical (unpaired) electrons. The van der Waals surface area contributed by atoms with Gasteiger partial charge in [0.15, 0.2) is 0 Å². The number of fused-ring (bicyclic) bond motifs is 1. The van der Waals surface area contributed by atoms with Crippen molar-refractivity contribution in [2.24, 2.45) is 0 Å². The van der Waals surface area contributed by atoms with E-state index in [9.17, 15) is 0 Å². The van der Waals surface area contributed by atoms with Crippen LogP contribution in [0.3, 0.4) is 0 Å². The summed E-state index contributed by atoms with van der Waals surface area (Å²) >= 11 is 0. The first-order chi connectivity index (χ1) is 9.28. The van der Waals surface area contributed by atoms with E-state index in [1.165, 1.54) is 33.3 Å². The van der Waals surface area contributed by atoms with Crippen molar-refractivity contribution in [2.45, 2.75) is 26.7 Å². The fraction of sp³-hybridized carbons (Fsp3) is 0.222. The highest BCUT2D eigenvalue weighted by Gasteiger charge is 2.09. The Morgan fingerprint density at radius 2 is 1.74 bits per heavy atom. The maximum absolute atomic E-state index is 3.50. The third kappa shape index (κ3) is 2.28. The molecule has 0 aliphatic heterocycles. The number of aryl methyl sites for hydroxylation is 2. The van der Waals surface area contributed by atoms with Gasteiger partial charge in [0, 0.05) is 16.6 Å². The predicted octanol–water partition coefficient (Wildman–Crippen LogP) is 4.63. The molecule has 1 N–H and O–H groups in total. The van der Waals surface area contributed by atoms with Crippen molar-refractivity contribution < 1.29 is 0 Å². The zero-order valence-corrected chi connectivity index (χ0v) is 11.5. The first-order valence-electron chi connectivity index (χ1n) is 6.92. The zero-order valence-electron chi connectivity index (χ0n) is 11.5. The van der Waals surface area contributed by atoms with Gasteiger partial charge in [-0.2, -0.15) is 0 Å². The first-order valence-corrected chi connectivity index (χ1v) is 6.92. The number of hydrogen-bond donors (Lipinski definition) is 1. The summed E-state index contributed by atoms with van der Waals surface area (Å²) < 4.78 is 0. The fourth-order valence-electron chi connectivity index (χ4n) is 2.68. The van der Waals surface area contributed by atoms with Gasteiger partial charge in [0.25, 0.3) is 0 Å². The van der Waals surface area contributed by atoms with E-state index >= 15 is 0 Å². The molecule has 0 fully saturated rings. The highest BCUT2D eigenvalue weighted by atomic mass is 14.7. The highest BCUT2D eigenvalue weighted by Crippen LogP contribution is 2.26. The normalized spacial score (nSPS) is 11.1. The third-order valence-corrected chi connectivity index (χ3v) is 3.82. The number of nitrogens with one attached hydrogen (secondary N) is 1. The van der Waals surface area contributed by atoms with E-state index < -0.39 is 0 Å². The number of aromatic amines is 1. The Kier molecular flexibility index (Phi) is 3.12. The quantitative estimate of drug-likeness (QED) is 0.696. The Labute approximate surface area is 114 Å². The van der Waals surface area contributed by atoms with Gasteiger partial charge in [-0.05, 0) is 48.6 Å². The maximum Gasteiger partial charge on any atom is 0.0459 e. The van der Waals surface area contributed by atoms with Crippen LogP contribution < -0.4 is 0 Å². The van der Waals surface area contributed by atoms with Crippen LogP contribution in [0.15, 0.2) is 48.5 Å². The van der Waals surface area contributed by atoms with Crippen LogP contribution in [0.4, 0.5) is 0 Å². The zero-order chi connectivity index (χ0) is 13.2. The van der Waals surface area contributed by atoms with Crippen LogP contribution in [0.2, 0.25) is 0 Å². The summed E-state index contributed by atoms with van der Waals surface area (Å²) in [5.41, 5.74) is 6.73. The van der Waals surface area contributed by atoms with Crippen LogP contribution in [0.5, 0.6) is 0 Å². The summed E-state index contributed by atoms with van der Waals surface area (Å²) in [6, 6.07) is 17.4. The van der Waals surface area contributed by atoms with Gasteiger partial charge in [0.1, 0.15) is 0 Å². The van der Waals surface area contributed by atoms with Gasteiger partial charge in [0.05, 0.1) is 0 Å². The Morgan fingerprint density at radius 3 is 2.47 bits per heavy atom. The molecule has 96 valence electrons. The summed E-state index contributed by atoms with van der Waals surface area (Å²) in [7, 11) is 0. The molecule has 1 aromatic heterocycles. The van der Waals surface area contributed by atoms with Crippen molar-refractivity contribution in [2.75, 3.05) is 0 Å². The minimum atomic E-state index is 1.000. The van der Waals surface area contributed by atoms with Crippen LogP contribution >= 0.6 is 0 Å². The second-order valence-electron chi connectivity index (χ2n) is 5.12. The summed E-state index contributed by atoms with van der Waals surface area (Å²) in [5.74, 6) is 0. The average Bonchev–Trinajstić information content (AvgIpc) is 2.76. The van der Waals surface area contributed by atoms with Crippen molar-refractivity contribution in [1.82, 2.24) is 4.98 Å². The molecular weight excluding hydrogens is 230 g/mol. The van der Waals surface area contributed by atoms with Crippen molar-refractivity contribution in [3.8, 4) is 0 Å². The van der Waals surface area contributed by atoms with E-state index in [2.05, 4.69) is 67.4 Å². The van der Waals surface area contributed by atoms with E-state index in [0.717, 1.165) is 12.8 Å². The Bertz CT molecular complexity index is 692. The summed E-state index contributed by atoms with van der Waals surface area (Å²) in [5, 5.41) is 1.38. The lowest BCUT2D eigenvalue weighted by atomic mass is 10.0. The number of rotatable bonds is 3. The molecule has 3 aromatic rings. The SMILES string of the molecule is CCc1ccc2[nH]c(C)c(Cc3ccccc3)c2c1. The van der Waals surface area contributed by atoms with Gasteiger partial charge >= 0.3 is 0 Å². The molecule has 3 rings (SSSR count). The molecule has 0 saturated carbocycles. The molecule has 1 heteroatoms. The Balaban J connectivity index is 2.09. The molecule has 2 aromatic carbocycles. The van der Waals surface area contributed by atoms with Crippen LogP contribution in [0, 0.1) is 6.92 Å². The Hall–Kier alpha value is -2.02. The molecule has 0 saturated heterocycles. The minimum absolute atomic E-state index is 1.000. The van der Waals surface area contributed by atoms with Gasteiger partial charge in [-0.25, -0.2) is 0 Å². The number of hydrogen-bond acceptors (Lipinski definition) is 0. The van der Waals surface area contributed by atoms with Crippen molar-refractivity contribution >= 4 is 10.9 Å². The van der Waals surface area contributed by atoms with Crippen LogP contribution in [-0.2, 0) is 12.8 Å². The van der Waals surface area contributed by atoms with E-state index in [1.54, 1.807) is 0 Å². The molecule has 0 unspecified atom stereocenters. The lowest BCUT2D eigenvalue weighted by Gasteiger charge is -2.03. The van der Waals surface area contributed by atoms with Gasteiger partial charge in [0.2, 0.25) is 0 Å². The number of aromatic nitrogens is 1. The van der Waals surface area contributed by atoms with Crippen LogP contribution in [0.25, 0.3) is 10.9 Å². The number of H-pyrrole nitrogens is 1. The lowest BCUT2D eigenvalue weighted by molar-refractivity contribution is 1.14. The molecule has 0 amide bonds. The Morgan fingerprint density at radius 1 is 0.947 bits per heavy atom. The molecule has 0 aliphatic rings. The van der Waals surface area contributed by atoms with Gasteiger partial charge in [-0.15, -0.1) is 0 Å². The van der Waals surface area contributed by atoms with E-state index in [4.69, 9.17) is 0 Å². The van der Waals surface area contributed by atoms with Crippen molar-refractivity contribution in [1.29, 1.82) is 0 Å².